The van der Waals surface area contributed by atoms with Crippen molar-refractivity contribution < 1.29 is 4.79 Å². The minimum absolute atomic E-state index is 0.0145. The van der Waals surface area contributed by atoms with Crippen molar-refractivity contribution >= 4 is 6.29 Å². The lowest BCUT2D eigenvalue weighted by Crippen LogP contribution is -2.25. The van der Waals surface area contributed by atoms with Crippen molar-refractivity contribution in [2.24, 2.45) is 5.92 Å². The molecule has 1 heterocycles. The number of carbonyl (C=O) groups is 1. The average Bonchev–Trinajstić information content (AvgIpc) is 2.73. The average molecular weight is 139 g/mol. The number of nitrogens with zero attached hydrogens (tertiary/aromatic N) is 1. The highest BCUT2D eigenvalue weighted by atomic mass is 16.1. The second kappa shape index (κ2) is 1.62. The third kappa shape index (κ3) is 0.601. The van der Waals surface area contributed by atoms with Crippen molar-refractivity contribution in [3.05, 3.63) is 0 Å². The summed E-state index contributed by atoms with van der Waals surface area (Å²) in [4.78, 5) is 13.0. The molecule has 2 fully saturated rings. The van der Waals surface area contributed by atoms with E-state index in [4.69, 9.17) is 0 Å². The van der Waals surface area contributed by atoms with Crippen LogP contribution in [0.1, 0.15) is 20.3 Å². The van der Waals surface area contributed by atoms with Gasteiger partial charge in [0.2, 0.25) is 0 Å². The number of carbonyl (C=O) groups excluding carboxylic acids is 1. The summed E-state index contributed by atoms with van der Waals surface area (Å²) in [5.41, 5.74) is -0.0145. The second-order valence-corrected chi connectivity index (χ2v) is 3.72. The molecule has 0 aromatic carbocycles. The van der Waals surface area contributed by atoms with E-state index in [0.717, 1.165) is 19.3 Å². The van der Waals surface area contributed by atoms with Gasteiger partial charge in [0, 0.05) is 12.6 Å². The van der Waals surface area contributed by atoms with Crippen LogP contribution in [0.15, 0.2) is 0 Å². The van der Waals surface area contributed by atoms with Gasteiger partial charge < -0.3 is 4.79 Å². The molecule has 1 saturated carbocycles. The van der Waals surface area contributed by atoms with Crippen molar-refractivity contribution in [1.82, 2.24) is 4.90 Å². The van der Waals surface area contributed by atoms with Crippen LogP contribution in [0.25, 0.3) is 0 Å². The molecule has 0 aromatic rings. The highest BCUT2D eigenvalue weighted by molar-refractivity contribution is 5.71. The lowest BCUT2D eigenvalue weighted by molar-refractivity contribution is -0.112. The van der Waals surface area contributed by atoms with Gasteiger partial charge in [-0.15, -0.1) is 0 Å². The Bertz CT molecular complexity index is 180. The monoisotopic (exact) mass is 139 g/mol. The van der Waals surface area contributed by atoms with Gasteiger partial charge in [0.15, 0.2) is 0 Å². The summed E-state index contributed by atoms with van der Waals surface area (Å²) in [5.74, 6) is 0.606. The van der Waals surface area contributed by atoms with E-state index in [1.54, 1.807) is 0 Å². The maximum absolute atomic E-state index is 10.7. The summed E-state index contributed by atoms with van der Waals surface area (Å²) in [6.45, 7) is 5.46. The van der Waals surface area contributed by atoms with Gasteiger partial charge in [-0.3, -0.25) is 4.90 Å². The van der Waals surface area contributed by atoms with E-state index < -0.39 is 0 Å². The van der Waals surface area contributed by atoms with Gasteiger partial charge in [-0.05, 0) is 19.3 Å². The highest BCUT2D eigenvalue weighted by Crippen LogP contribution is 2.51. The van der Waals surface area contributed by atoms with Gasteiger partial charge in [-0.2, -0.15) is 0 Å². The summed E-state index contributed by atoms with van der Waals surface area (Å²) in [7, 11) is 0. The molecule has 0 radical (unpaired) electrons. The molecule has 0 amide bonds. The zero-order chi connectivity index (χ0) is 7.35. The maximum Gasteiger partial charge on any atom is 0.140 e. The fraction of sp³-hybridized carbons (Fsp3) is 0.875. The SMILES string of the molecule is CC1CN1[C@]1(C=O)CC1C. The van der Waals surface area contributed by atoms with Crippen LogP contribution >= 0.6 is 0 Å². The first-order valence-corrected chi connectivity index (χ1v) is 3.94. The van der Waals surface area contributed by atoms with Gasteiger partial charge >= 0.3 is 0 Å². The van der Waals surface area contributed by atoms with Crippen LogP contribution in [0.5, 0.6) is 0 Å². The Kier molecular flexibility index (Phi) is 1.03. The van der Waals surface area contributed by atoms with E-state index in [-0.39, 0.29) is 5.54 Å². The lowest BCUT2D eigenvalue weighted by atomic mass is 10.2. The molecule has 10 heavy (non-hydrogen) atoms. The number of hydrogen-bond donors (Lipinski definition) is 0. The van der Waals surface area contributed by atoms with Crippen LogP contribution in [0.4, 0.5) is 0 Å². The molecular weight excluding hydrogens is 126 g/mol. The molecule has 0 bridgehead atoms. The molecule has 2 aliphatic rings. The smallest absolute Gasteiger partial charge is 0.140 e. The van der Waals surface area contributed by atoms with Crippen LogP contribution in [0, 0.1) is 5.92 Å². The standard InChI is InChI=1S/C8H13NO/c1-6-3-8(6,5-10)9-4-7(9)2/h5-7H,3-4H2,1-2H3/t6?,7?,8-,9?/m0/s1. The molecule has 1 aliphatic heterocycles. The molecule has 1 saturated heterocycles. The molecule has 3 unspecified atom stereocenters. The predicted molar refractivity (Wildman–Crippen MR) is 38.7 cm³/mol. The summed E-state index contributed by atoms with van der Waals surface area (Å²) in [5, 5.41) is 0. The molecule has 4 atom stereocenters. The van der Waals surface area contributed by atoms with Crippen LogP contribution in [-0.4, -0.2) is 29.3 Å². The molecule has 2 nitrogen and oxygen atoms in total. The maximum atomic E-state index is 10.7. The first kappa shape index (κ1) is 6.35. The van der Waals surface area contributed by atoms with Gasteiger partial charge in [0.25, 0.3) is 0 Å². The molecule has 0 aromatic heterocycles. The molecule has 1 aliphatic carbocycles. The fourth-order valence-electron chi connectivity index (χ4n) is 1.88. The summed E-state index contributed by atoms with van der Waals surface area (Å²) in [6, 6.07) is 0.662. The lowest BCUT2D eigenvalue weighted by Gasteiger charge is -2.08. The normalized spacial score (nSPS) is 58.0. The summed E-state index contributed by atoms with van der Waals surface area (Å²) >= 11 is 0. The first-order valence-electron chi connectivity index (χ1n) is 3.94. The minimum atomic E-state index is -0.0145. The molecule has 0 N–H and O–H groups in total. The fourth-order valence-corrected chi connectivity index (χ4v) is 1.88. The van der Waals surface area contributed by atoms with Crippen molar-refractivity contribution in [2.45, 2.75) is 31.8 Å². The second-order valence-electron chi connectivity index (χ2n) is 3.72. The third-order valence-corrected chi connectivity index (χ3v) is 2.92. The van der Waals surface area contributed by atoms with Gasteiger partial charge in [0.1, 0.15) is 6.29 Å². The number of aldehydes is 1. The van der Waals surface area contributed by atoms with Crippen LogP contribution in [0.3, 0.4) is 0 Å². The largest absolute Gasteiger partial charge is 0.301 e. The minimum Gasteiger partial charge on any atom is -0.301 e. The predicted octanol–water partition coefficient (Wildman–Crippen LogP) is 0.668. The van der Waals surface area contributed by atoms with Crippen molar-refractivity contribution in [1.29, 1.82) is 0 Å². The Hall–Kier alpha value is -0.370. The van der Waals surface area contributed by atoms with Crippen molar-refractivity contribution in [3.8, 4) is 0 Å². The van der Waals surface area contributed by atoms with Crippen LogP contribution < -0.4 is 0 Å². The summed E-state index contributed by atoms with van der Waals surface area (Å²) in [6.07, 6.45) is 2.22. The van der Waals surface area contributed by atoms with E-state index in [1.165, 1.54) is 0 Å². The molecule has 0 spiro atoms. The van der Waals surface area contributed by atoms with Crippen molar-refractivity contribution in [3.63, 3.8) is 0 Å². The van der Waals surface area contributed by atoms with Gasteiger partial charge in [-0.1, -0.05) is 6.92 Å². The van der Waals surface area contributed by atoms with E-state index in [1.807, 2.05) is 0 Å². The molecule has 56 valence electrons. The Morgan fingerprint density at radius 3 is 2.20 bits per heavy atom. The highest BCUT2D eigenvalue weighted by Gasteiger charge is 2.61. The van der Waals surface area contributed by atoms with E-state index in [2.05, 4.69) is 18.7 Å². The Morgan fingerprint density at radius 1 is 1.60 bits per heavy atom. The zero-order valence-electron chi connectivity index (χ0n) is 6.50. The third-order valence-electron chi connectivity index (χ3n) is 2.92. The molecule has 2 heteroatoms. The first-order chi connectivity index (χ1) is 4.70. The van der Waals surface area contributed by atoms with Crippen LogP contribution in [0.2, 0.25) is 0 Å². The Labute approximate surface area is 61.2 Å². The van der Waals surface area contributed by atoms with Gasteiger partial charge in [-0.25, -0.2) is 0 Å². The van der Waals surface area contributed by atoms with Crippen molar-refractivity contribution in [2.75, 3.05) is 6.54 Å². The van der Waals surface area contributed by atoms with E-state index >= 15 is 0 Å². The Morgan fingerprint density at radius 2 is 2.10 bits per heavy atom. The Balaban J connectivity index is 2.08. The molecule has 2 rings (SSSR count). The number of hydrogen-bond acceptors (Lipinski definition) is 2. The van der Waals surface area contributed by atoms with Gasteiger partial charge in [0.05, 0.1) is 5.54 Å². The summed E-state index contributed by atoms with van der Waals surface area (Å²) < 4.78 is 0. The number of rotatable bonds is 2. The zero-order valence-corrected chi connectivity index (χ0v) is 6.50. The molecular formula is C8H13NO. The van der Waals surface area contributed by atoms with E-state index in [0.29, 0.717) is 12.0 Å². The van der Waals surface area contributed by atoms with Crippen LogP contribution in [-0.2, 0) is 4.79 Å². The van der Waals surface area contributed by atoms with E-state index in [9.17, 15) is 4.79 Å². The topological polar surface area (TPSA) is 20.1 Å². The quantitative estimate of drug-likeness (QED) is 0.414.